The van der Waals surface area contributed by atoms with Gasteiger partial charge in [0.2, 0.25) is 0 Å². The molecule has 2 N–H and O–H groups in total. The third-order valence-electron chi connectivity index (χ3n) is 4.61. The first-order valence-electron chi connectivity index (χ1n) is 10.4. The highest BCUT2D eigenvalue weighted by Gasteiger charge is 2.15. The van der Waals surface area contributed by atoms with Crippen molar-refractivity contribution in [3.05, 3.63) is 70.2 Å². The molecule has 0 saturated carbocycles. The number of benzene rings is 2. The summed E-state index contributed by atoms with van der Waals surface area (Å²) < 4.78 is 33.0. The lowest BCUT2D eigenvalue weighted by molar-refractivity contribution is 0.0953. The second kappa shape index (κ2) is 11.1. The van der Waals surface area contributed by atoms with Crippen molar-refractivity contribution in [2.75, 3.05) is 17.9 Å². The molecule has 3 aromatic rings. The molecule has 0 aliphatic heterocycles. The largest absolute Gasteiger partial charge is 0.494 e. The van der Waals surface area contributed by atoms with Crippen LogP contribution in [0.5, 0.6) is 5.75 Å². The molecule has 1 aromatic heterocycles. The summed E-state index contributed by atoms with van der Waals surface area (Å²) in [6, 6.07) is 12.6. The van der Waals surface area contributed by atoms with Crippen LogP contribution in [-0.4, -0.2) is 32.5 Å². The molecule has 0 aliphatic carbocycles. The Morgan fingerprint density at radius 2 is 1.78 bits per heavy atom. The van der Waals surface area contributed by atoms with Crippen molar-refractivity contribution in [1.82, 2.24) is 10.3 Å². The Hall–Kier alpha value is -2.91. The fraction of sp³-hybridized carbons (Fsp3) is 0.304. The van der Waals surface area contributed by atoms with E-state index < -0.39 is 10.0 Å². The van der Waals surface area contributed by atoms with Crippen LogP contribution in [0.2, 0.25) is 0 Å². The van der Waals surface area contributed by atoms with E-state index in [-0.39, 0.29) is 10.8 Å². The Labute approximate surface area is 192 Å². The van der Waals surface area contributed by atoms with Gasteiger partial charge >= 0.3 is 0 Å². The molecule has 0 bridgehead atoms. The van der Waals surface area contributed by atoms with Crippen LogP contribution in [0.15, 0.2) is 58.8 Å². The van der Waals surface area contributed by atoms with E-state index >= 15 is 0 Å². The summed E-state index contributed by atoms with van der Waals surface area (Å²) in [6.45, 7) is 4.93. The summed E-state index contributed by atoms with van der Waals surface area (Å²) in [5, 5.41) is 6.06. The number of amides is 1. The number of sulfonamides is 1. The quantitative estimate of drug-likeness (QED) is 0.402. The molecule has 0 unspecified atom stereocenters. The highest BCUT2D eigenvalue weighted by atomic mass is 32.2. The number of nitrogens with zero attached hydrogens (tertiary/aromatic N) is 1. The third-order valence-corrected chi connectivity index (χ3v) is 7.04. The minimum absolute atomic E-state index is 0.135. The number of anilines is 1. The molecule has 3 rings (SSSR count). The molecule has 0 radical (unpaired) electrons. The van der Waals surface area contributed by atoms with Gasteiger partial charge in [-0.2, -0.15) is 0 Å². The lowest BCUT2D eigenvalue weighted by atomic mass is 10.2. The van der Waals surface area contributed by atoms with Crippen LogP contribution < -0.4 is 14.8 Å². The lowest BCUT2D eigenvalue weighted by Gasteiger charge is -2.10. The van der Waals surface area contributed by atoms with E-state index in [4.69, 9.17) is 4.74 Å². The predicted octanol–water partition coefficient (Wildman–Crippen LogP) is 4.40. The number of carbonyl (C=O) groups excluding carboxylic acids is 1. The lowest BCUT2D eigenvalue weighted by Crippen LogP contribution is -2.24. The van der Waals surface area contributed by atoms with Crippen molar-refractivity contribution in [3.63, 3.8) is 0 Å². The maximum absolute atomic E-state index is 12.6. The Morgan fingerprint density at radius 1 is 1.06 bits per heavy atom. The van der Waals surface area contributed by atoms with Gasteiger partial charge in [-0.15, -0.1) is 11.3 Å². The van der Waals surface area contributed by atoms with Gasteiger partial charge in [-0.25, -0.2) is 13.4 Å². The summed E-state index contributed by atoms with van der Waals surface area (Å²) in [7, 11) is -3.73. The number of nitrogens with one attached hydrogen (secondary N) is 2. The number of ether oxygens (including phenoxy) is 1. The number of aromatic nitrogens is 1. The number of aryl methyl sites for hydroxylation is 2. The average molecular weight is 474 g/mol. The molecular formula is C23H27N3O4S2. The van der Waals surface area contributed by atoms with Crippen LogP contribution in [0.4, 0.5) is 5.69 Å². The molecule has 0 fully saturated rings. The zero-order valence-corrected chi connectivity index (χ0v) is 19.8. The van der Waals surface area contributed by atoms with Crippen LogP contribution in [0, 0.1) is 6.92 Å². The predicted molar refractivity (Wildman–Crippen MR) is 127 cm³/mol. The maximum atomic E-state index is 12.6. The van der Waals surface area contributed by atoms with E-state index in [1.807, 2.05) is 19.2 Å². The molecule has 32 heavy (non-hydrogen) atoms. The molecule has 0 aliphatic rings. The Morgan fingerprint density at radius 3 is 2.41 bits per heavy atom. The minimum atomic E-state index is -3.73. The third kappa shape index (κ3) is 6.80. The van der Waals surface area contributed by atoms with Crippen LogP contribution >= 0.6 is 11.3 Å². The number of unbranched alkanes of at least 4 members (excludes halogenated alkanes) is 1. The highest BCUT2D eigenvalue weighted by molar-refractivity contribution is 7.92. The fourth-order valence-electron chi connectivity index (χ4n) is 3.01. The van der Waals surface area contributed by atoms with E-state index in [0.29, 0.717) is 30.2 Å². The van der Waals surface area contributed by atoms with Gasteiger partial charge in [0.1, 0.15) is 5.75 Å². The number of carbonyl (C=O) groups is 1. The molecule has 170 valence electrons. The van der Waals surface area contributed by atoms with Gasteiger partial charge in [-0.3, -0.25) is 9.52 Å². The molecule has 9 heteroatoms. The van der Waals surface area contributed by atoms with E-state index in [0.717, 1.165) is 30.0 Å². The first-order chi connectivity index (χ1) is 15.4. The van der Waals surface area contributed by atoms with Crippen molar-refractivity contribution in [1.29, 1.82) is 0 Å². The van der Waals surface area contributed by atoms with Crippen molar-refractivity contribution in [2.24, 2.45) is 0 Å². The van der Waals surface area contributed by atoms with Gasteiger partial charge in [0.15, 0.2) is 0 Å². The van der Waals surface area contributed by atoms with Crippen molar-refractivity contribution >= 4 is 33.0 Å². The van der Waals surface area contributed by atoms with Crippen LogP contribution in [0.1, 0.15) is 40.8 Å². The first kappa shape index (κ1) is 23.7. The van der Waals surface area contributed by atoms with E-state index in [1.54, 1.807) is 47.7 Å². The van der Waals surface area contributed by atoms with Crippen molar-refractivity contribution in [2.45, 2.75) is 38.0 Å². The molecular weight excluding hydrogens is 446 g/mol. The zero-order chi connectivity index (χ0) is 23.0. The molecule has 0 atom stereocenters. The van der Waals surface area contributed by atoms with Gasteiger partial charge in [0, 0.05) is 28.9 Å². The van der Waals surface area contributed by atoms with Gasteiger partial charge in [-0.05, 0) is 81.6 Å². The molecule has 2 aromatic carbocycles. The topological polar surface area (TPSA) is 97.4 Å². The fourth-order valence-corrected chi connectivity index (χ4v) is 4.88. The smallest absolute Gasteiger partial charge is 0.261 e. The van der Waals surface area contributed by atoms with Crippen LogP contribution in [0.3, 0.4) is 0 Å². The summed E-state index contributed by atoms with van der Waals surface area (Å²) in [4.78, 5) is 16.9. The molecule has 0 spiro atoms. The maximum Gasteiger partial charge on any atom is 0.261 e. The van der Waals surface area contributed by atoms with E-state index in [2.05, 4.69) is 15.0 Å². The van der Waals surface area contributed by atoms with Gasteiger partial charge < -0.3 is 10.1 Å². The van der Waals surface area contributed by atoms with Gasteiger partial charge in [0.25, 0.3) is 15.9 Å². The molecule has 7 nitrogen and oxygen atoms in total. The van der Waals surface area contributed by atoms with Gasteiger partial charge in [0.05, 0.1) is 16.5 Å². The number of hydrogen-bond acceptors (Lipinski definition) is 6. The SMILES string of the molecule is CCOc1ccc(S(=O)(=O)Nc2ccc(C(=O)NCCCCc3nc(C)cs3)cc2)cc1. The van der Waals surface area contributed by atoms with Gasteiger partial charge in [-0.1, -0.05) is 0 Å². The van der Waals surface area contributed by atoms with E-state index in [9.17, 15) is 13.2 Å². The normalized spacial score (nSPS) is 11.2. The first-order valence-corrected chi connectivity index (χ1v) is 12.8. The molecule has 1 heterocycles. The molecule has 0 saturated heterocycles. The average Bonchev–Trinajstić information content (AvgIpc) is 3.19. The van der Waals surface area contributed by atoms with Crippen molar-refractivity contribution < 1.29 is 17.9 Å². The second-order valence-corrected chi connectivity index (χ2v) is 9.81. The Balaban J connectivity index is 1.47. The number of hydrogen-bond donors (Lipinski definition) is 2. The summed E-state index contributed by atoms with van der Waals surface area (Å²) in [6.07, 6.45) is 2.74. The van der Waals surface area contributed by atoms with E-state index in [1.165, 1.54) is 12.1 Å². The zero-order valence-electron chi connectivity index (χ0n) is 18.1. The minimum Gasteiger partial charge on any atom is -0.494 e. The monoisotopic (exact) mass is 473 g/mol. The highest BCUT2D eigenvalue weighted by Crippen LogP contribution is 2.20. The standard InChI is InChI=1S/C23H27N3O4S2/c1-3-30-20-11-13-21(14-12-20)32(28,29)26-19-9-7-18(8-10-19)23(27)24-15-5-4-6-22-25-17(2)16-31-22/h7-14,16,26H,3-6,15H2,1-2H3,(H,24,27). The van der Waals surface area contributed by atoms with Crippen molar-refractivity contribution in [3.8, 4) is 5.75 Å². The Kier molecular flexibility index (Phi) is 8.24. The number of thiazole rings is 1. The number of rotatable bonds is 11. The second-order valence-electron chi connectivity index (χ2n) is 7.18. The van der Waals surface area contributed by atoms with Crippen LogP contribution in [-0.2, 0) is 16.4 Å². The summed E-state index contributed by atoms with van der Waals surface area (Å²) in [5.74, 6) is 0.427. The van der Waals surface area contributed by atoms with Crippen LogP contribution in [0.25, 0.3) is 0 Å². The molecule has 1 amide bonds. The summed E-state index contributed by atoms with van der Waals surface area (Å²) in [5.41, 5.74) is 1.90. The Bertz CT molecular complexity index is 1120. The summed E-state index contributed by atoms with van der Waals surface area (Å²) >= 11 is 1.66.